The fourth-order valence-corrected chi connectivity index (χ4v) is 2.54. The van der Waals surface area contributed by atoms with Crippen LogP contribution in [0.15, 0.2) is 46.9 Å². The molecule has 0 saturated carbocycles. The van der Waals surface area contributed by atoms with E-state index in [1.165, 1.54) is 12.1 Å². The topological polar surface area (TPSA) is 12.0 Å². The van der Waals surface area contributed by atoms with Gasteiger partial charge in [-0.2, -0.15) is 0 Å². The Morgan fingerprint density at radius 1 is 1.21 bits per heavy atom. The first-order valence-electron chi connectivity index (χ1n) is 6.05. The molecule has 0 spiro atoms. The van der Waals surface area contributed by atoms with Crippen molar-refractivity contribution in [2.24, 2.45) is 0 Å². The molecule has 1 nitrogen and oxygen atoms in total. The molecule has 4 heteroatoms. The Morgan fingerprint density at radius 2 is 1.89 bits per heavy atom. The summed E-state index contributed by atoms with van der Waals surface area (Å²) in [5.41, 5.74) is 1.98. The van der Waals surface area contributed by atoms with E-state index in [9.17, 15) is 4.39 Å². The zero-order chi connectivity index (χ0) is 13.8. The Labute approximate surface area is 125 Å². The molecule has 0 aliphatic heterocycles. The molecule has 0 radical (unpaired) electrons. The Morgan fingerprint density at radius 3 is 2.47 bits per heavy atom. The quantitative estimate of drug-likeness (QED) is 0.830. The van der Waals surface area contributed by atoms with E-state index >= 15 is 0 Å². The smallest absolute Gasteiger partial charge is 0.124 e. The summed E-state index contributed by atoms with van der Waals surface area (Å²) in [7, 11) is 0. The Bertz CT molecular complexity index is 557. The van der Waals surface area contributed by atoms with Crippen molar-refractivity contribution in [1.29, 1.82) is 0 Å². The van der Waals surface area contributed by atoms with Crippen molar-refractivity contribution < 1.29 is 4.39 Å². The van der Waals surface area contributed by atoms with Gasteiger partial charge in [-0.3, -0.25) is 0 Å². The predicted octanol–water partition coefficient (Wildman–Crippen LogP) is 4.94. The van der Waals surface area contributed by atoms with Gasteiger partial charge in [-0.1, -0.05) is 52.7 Å². The van der Waals surface area contributed by atoms with Crippen LogP contribution in [0, 0.1) is 5.82 Å². The van der Waals surface area contributed by atoms with E-state index in [4.69, 9.17) is 11.6 Å². The zero-order valence-corrected chi connectivity index (χ0v) is 12.8. The summed E-state index contributed by atoms with van der Waals surface area (Å²) in [6.45, 7) is 2.83. The summed E-state index contributed by atoms with van der Waals surface area (Å²) < 4.78 is 14.2. The van der Waals surface area contributed by atoms with Gasteiger partial charge < -0.3 is 5.32 Å². The van der Waals surface area contributed by atoms with E-state index in [0.717, 1.165) is 22.1 Å². The van der Waals surface area contributed by atoms with Crippen molar-refractivity contribution in [3.63, 3.8) is 0 Å². The van der Waals surface area contributed by atoms with Crippen LogP contribution in [0.4, 0.5) is 4.39 Å². The Hall–Kier alpha value is -0.900. The van der Waals surface area contributed by atoms with Crippen LogP contribution in [-0.4, -0.2) is 6.54 Å². The average Bonchev–Trinajstić information content (AvgIpc) is 2.38. The third-order valence-corrected chi connectivity index (χ3v) is 3.74. The lowest BCUT2D eigenvalue weighted by Crippen LogP contribution is -2.22. The number of nitrogens with one attached hydrogen (secondary N) is 1. The number of halogens is 3. The minimum absolute atomic E-state index is 0.0359. The highest BCUT2D eigenvalue weighted by atomic mass is 79.9. The summed E-state index contributed by atoms with van der Waals surface area (Å²) in [6, 6.07) is 12.5. The van der Waals surface area contributed by atoms with E-state index in [0.29, 0.717) is 5.02 Å². The molecule has 0 aromatic heterocycles. The van der Waals surface area contributed by atoms with Gasteiger partial charge in [0.2, 0.25) is 0 Å². The van der Waals surface area contributed by atoms with Gasteiger partial charge in [-0.05, 0) is 41.9 Å². The molecule has 0 aliphatic rings. The highest BCUT2D eigenvalue weighted by Gasteiger charge is 2.16. The molecule has 1 unspecified atom stereocenters. The molecule has 0 bridgehead atoms. The number of rotatable bonds is 4. The number of benzene rings is 2. The molecule has 100 valence electrons. The van der Waals surface area contributed by atoms with Crippen molar-refractivity contribution in [3.8, 4) is 0 Å². The van der Waals surface area contributed by atoms with Gasteiger partial charge in [0.25, 0.3) is 0 Å². The maximum atomic E-state index is 13.1. The highest BCUT2D eigenvalue weighted by molar-refractivity contribution is 9.10. The van der Waals surface area contributed by atoms with Gasteiger partial charge in [-0.15, -0.1) is 0 Å². The van der Waals surface area contributed by atoms with Gasteiger partial charge in [-0.25, -0.2) is 4.39 Å². The second kappa shape index (κ2) is 6.51. The van der Waals surface area contributed by atoms with Crippen LogP contribution in [0.5, 0.6) is 0 Å². The van der Waals surface area contributed by atoms with E-state index < -0.39 is 0 Å². The maximum absolute atomic E-state index is 13.1. The minimum Gasteiger partial charge on any atom is -0.306 e. The van der Waals surface area contributed by atoms with Gasteiger partial charge >= 0.3 is 0 Å². The molecule has 0 heterocycles. The van der Waals surface area contributed by atoms with Gasteiger partial charge in [0, 0.05) is 9.50 Å². The van der Waals surface area contributed by atoms with Crippen LogP contribution in [0.25, 0.3) is 0 Å². The standard InChI is InChI=1S/C15H14BrClFN/c1-2-19-15(10-3-5-11(16)6-4-10)13-8-7-12(18)9-14(13)17/h3-9,15,19H,2H2,1H3. The number of hydrogen-bond acceptors (Lipinski definition) is 1. The highest BCUT2D eigenvalue weighted by Crippen LogP contribution is 2.29. The summed E-state index contributed by atoms with van der Waals surface area (Å²) in [6.07, 6.45) is 0. The molecule has 0 saturated heterocycles. The first-order chi connectivity index (χ1) is 9.11. The third kappa shape index (κ3) is 3.56. The molecule has 1 atom stereocenters. The first-order valence-corrected chi connectivity index (χ1v) is 7.22. The predicted molar refractivity (Wildman–Crippen MR) is 81.1 cm³/mol. The van der Waals surface area contributed by atoms with Gasteiger partial charge in [0.15, 0.2) is 0 Å². The van der Waals surface area contributed by atoms with Gasteiger partial charge in [0.05, 0.1) is 6.04 Å². The molecular weight excluding hydrogens is 329 g/mol. The van der Waals surface area contributed by atoms with Crippen molar-refractivity contribution in [1.82, 2.24) is 5.32 Å². The number of hydrogen-bond donors (Lipinski definition) is 1. The zero-order valence-electron chi connectivity index (χ0n) is 10.5. The second-order valence-electron chi connectivity index (χ2n) is 4.21. The largest absolute Gasteiger partial charge is 0.306 e. The molecule has 19 heavy (non-hydrogen) atoms. The van der Waals surface area contributed by atoms with E-state index in [-0.39, 0.29) is 11.9 Å². The average molecular weight is 343 g/mol. The molecule has 0 amide bonds. The van der Waals surface area contributed by atoms with Crippen LogP contribution >= 0.6 is 27.5 Å². The van der Waals surface area contributed by atoms with Crippen molar-refractivity contribution in [2.75, 3.05) is 6.54 Å². The fraction of sp³-hybridized carbons (Fsp3) is 0.200. The van der Waals surface area contributed by atoms with Crippen molar-refractivity contribution in [3.05, 3.63) is 68.9 Å². The third-order valence-electron chi connectivity index (χ3n) is 2.89. The van der Waals surface area contributed by atoms with Crippen LogP contribution in [0.3, 0.4) is 0 Å². The lowest BCUT2D eigenvalue weighted by molar-refractivity contribution is 0.614. The van der Waals surface area contributed by atoms with E-state index in [1.54, 1.807) is 6.07 Å². The Balaban J connectivity index is 2.41. The molecule has 1 N–H and O–H groups in total. The summed E-state index contributed by atoms with van der Waals surface area (Å²) in [4.78, 5) is 0. The van der Waals surface area contributed by atoms with Gasteiger partial charge in [0.1, 0.15) is 5.82 Å². The maximum Gasteiger partial charge on any atom is 0.124 e. The minimum atomic E-state index is -0.320. The second-order valence-corrected chi connectivity index (χ2v) is 5.53. The van der Waals surface area contributed by atoms with E-state index in [1.807, 2.05) is 31.2 Å². The SMILES string of the molecule is CCNC(c1ccc(Br)cc1)c1ccc(F)cc1Cl. The molecular formula is C15H14BrClFN. The molecule has 0 fully saturated rings. The summed E-state index contributed by atoms with van der Waals surface area (Å²) >= 11 is 9.57. The van der Waals surface area contributed by atoms with Crippen LogP contribution in [0.1, 0.15) is 24.1 Å². The van der Waals surface area contributed by atoms with Crippen LogP contribution in [-0.2, 0) is 0 Å². The van der Waals surface area contributed by atoms with Crippen molar-refractivity contribution >= 4 is 27.5 Å². The fourth-order valence-electron chi connectivity index (χ4n) is 2.00. The van der Waals surface area contributed by atoms with Crippen LogP contribution < -0.4 is 5.32 Å². The molecule has 0 aliphatic carbocycles. The molecule has 2 aromatic rings. The monoisotopic (exact) mass is 341 g/mol. The Kier molecular flexibility index (Phi) is 4.97. The summed E-state index contributed by atoms with van der Waals surface area (Å²) in [5.74, 6) is -0.320. The lowest BCUT2D eigenvalue weighted by atomic mass is 9.98. The molecule has 2 rings (SSSR count). The van der Waals surface area contributed by atoms with E-state index in [2.05, 4.69) is 21.2 Å². The lowest BCUT2D eigenvalue weighted by Gasteiger charge is -2.20. The summed E-state index contributed by atoms with van der Waals surface area (Å²) in [5, 5.41) is 3.81. The molecule has 2 aromatic carbocycles. The first kappa shape index (κ1) is 14.5. The van der Waals surface area contributed by atoms with Crippen molar-refractivity contribution in [2.45, 2.75) is 13.0 Å². The normalized spacial score (nSPS) is 12.4. The van der Waals surface area contributed by atoms with Crippen LogP contribution in [0.2, 0.25) is 5.02 Å².